The van der Waals surface area contributed by atoms with E-state index >= 15 is 0 Å². The molecular weight excluding hydrogens is 404 g/mol. The van der Waals surface area contributed by atoms with Gasteiger partial charge in [0, 0.05) is 33.3 Å². The van der Waals surface area contributed by atoms with E-state index in [-0.39, 0.29) is 13.2 Å². The molecule has 0 amide bonds. The summed E-state index contributed by atoms with van der Waals surface area (Å²) >= 11 is 0. The standard InChI is InChI=1S/C18H36N2O10/c1-9-12(23)13(24)17(11(8-22)28-9)30-18-15(26)14(25)16(27-2)10(29-18)7-20-4-3-19-5-6-21/h9-26H,3-8H2,1-2H3/t9-,10-,11-,12+,13-,14-,15-,16-,17?,18-/m1/s1. The van der Waals surface area contributed by atoms with Crippen LogP contribution in [0, 0.1) is 0 Å². The van der Waals surface area contributed by atoms with Gasteiger partial charge in [-0.15, -0.1) is 0 Å². The number of nitrogens with one attached hydrogen (secondary N) is 2. The van der Waals surface area contributed by atoms with Crippen molar-refractivity contribution in [2.24, 2.45) is 0 Å². The first-order chi connectivity index (χ1) is 14.3. The monoisotopic (exact) mass is 440 g/mol. The smallest absolute Gasteiger partial charge is 0.187 e. The van der Waals surface area contributed by atoms with E-state index in [4.69, 9.17) is 24.1 Å². The van der Waals surface area contributed by atoms with Crippen LogP contribution in [-0.4, -0.2) is 138 Å². The lowest BCUT2D eigenvalue weighted by Gasteiger charge is -2.46. The second kappa shape index (κ2) is 12.5. The molecule has 2 heterocycles. The minimum absolute atomic E-state index is 0.0413. The molecule has 0 spiro atoms. The van der Waals surface area contributed by atoms with Gasteiger partial charge in [0.25, 0.3) is 0 Å². The van der Waals surface area contributed by atoms with Crippen molar-refractivity contribution in [3.05, 3.63) is 0 Å². The summed E-state index contributed by atoms with van der Waals surface area (Å²) in [5.74, 6) is 0. The fourth-order valence-corrected chi connectivity index (χ4v) is 3.69. The van der Waals surface area contributed by atoms with Crippen LogP contribution < -0.4 is 10.6 Å². The van der Waals surface area contributed by atoms with Crippen molar-refractivity contribution in [3.63, 3.8) is 0 Å². The quantitative estimate of drug-likeness (QED) is 0.144. The Morgan fingerprint density at radius 3 is 2.10 bits per heavy atom. The minimum atomic E-state index is -1.49. The van der Waals surface area contributed by atoms with Gasteiger partial charge in [-0.3, -0.25) is 0 Å². The van der Waals surface area contributed by atoms with Crippen LogP contribution in [0.3, 0.4) is 0 Å². The molecule has 1 unspecified atom stereocenters. The van der Waals surface area contributed by atoms with Crippen LogP contribution >= 0.6 is 0 Å². The summed E-state index contributed by atoms with van der Waals surface area (Å²) in [4.78, 5) is 0. The fourth-order valence-electron chi connectivity index (χ4n) is 3.69. The van der Waals surface area contributed by atoms with Gasteiger partial charge in [0.15, 0.2) is 6.29 Å². The van der Waals surface area contributed by atoms with E-state index in [2.05, 4.69) is 10.6 Å². The molecule has 2 fully saturated rings. The zero-order valence-corrected chi connectivity index (χ0v) is 17.3. The lowest BCUT2D eigenvalue weighted by molar-refractivity contribution is -0.339. The van der Waals surface area contributed by atoms with Crippen LogP contribution in [0.4, 0.5) is 0 Å². The van der Waals surface area contributed by atoms with E-state index in [0.29, 0.717) is 19.6 Å². The first kappa shape index (κ1) is 25.8. The molecule has 0 radical (unpaired) electrons. The summed E-state index contributed by atoms with van der Waals surface area (Å²) in [5.41, 5.74) is 0. The number of methoxy groups -OCH3 is 1. The van der Waals surface area contributed by atoms with E-state index in [0.717, 1.165) is 0 Å². The first-order valence-corrected chi connectivity index (χ1v) is 10.2. The Hall–Kier alpha value is -0.480. The average Bonchev–Trinajstić information content (AvgIpc) is 2.74. The van der Waals surface area contributed by atoms with E-state index in [1.54, 1.807) is 6.92 Å². The minimum Gasteiger partial charge on any atom is -0.395 e. The maximum absolute atomic E-state index is 10.5. The summed E-state index contributed by atoms with van der Waals surface area (Å²) in [5, 5.41) is 65.8. The fraction of sp³-hybridized carbons (Fsp3) is 1.00. The topological polar surface area (TPSA) is 182 Å². The number of aliphatic hydroxyl groups excluding tert-OH is 6. The Morgan fingerprint density at radius 1 is 0.800 bits per heavy atom. The summed E-state index contributed by atoms with van der Waals surface area (Å²) in [6.07, 6.45) is -11.1. The van der Waals surface area contributed by atoms with Crippen molar-refractivity contribution in [1.82, 2.24) is 10.6 Å². The van der Waals surface area contributed by atoms with Crippen molar-refractivity contribution in [2.75, 3.05) is 46.5 Å². The number of hydrogen-bond donors (Lipinski definition) is 8. The van der Waals surface area contributed by atoms with Gasteiger partial charge in [-0.1, -0.05) is 0 Å². The molecule has 12 nitrogen and oxygen atoms in total. The zero-order valence-electron chi connectivity index (χ0n) is 17.3. The molecule has 0 aromatic heterocycles. The highest BCUT2D eigenvalue weighted by Gasteiger charge is 2.50. The Bertz CT molecular complexity index is 488. The van der Waals surface area contributed by atoms with E-state index in [9.17, 15) is 25.5 Å². The number of ether oxygens (including phenoxy) is 4. The van der Waals surface area contributed by atoms with Gasteiger partial charge in [-0.2, -0.15) is 0 Å². The molecule has 0 aromatic rings. The molecule has 2 rings (SSSR count). The van der Waals surface area contributed by atoms with Gasteiger partial charge >= 0.3 is 0 Å². The first-order valence-electron chi connectivity index (χ1n) is 10.2. The summed E-state index contributed by atoms with van der Waals surface area (Å²) in [6, 6.07) is 0. The third-order valence-electron chi connectivity index (χ3n) is 5.42. The van der Waals surface area contributed by atoms with Gasteiger partial charge < -0.3 is 60.2 Å². The second-order valence-electron chi connectivity index (χ2n) is 7.55. The third-order valence-corrected chi connectivity index (χ3v) is 5.42. The molecule has 2 aliphatic rings. The highest BCUT2D eigenvalue weighted by molar-refractivity contribution is 4.95. The van der Waals surface area contributed by atoms with Crippen LogP contribution in [0.15, 0.2) is 0 Å². The number of rotatable bonds is 11. The SMILES string of the molecule is CO[C@H]1[C@H](O)[C@@H](O)[C@@H](OC2[C@@H](CO)O[C@H](C)[C@H](O)[C@H]2O)O[C@@H]1CNCCNCCO. The number of hydrogen-bond acceptors (Lipinski definition) is 12. The molecule has 12 heteroatoms. The molecule has 0 aromatic carbocycles. The predicted octanol–water partition coefficient (Wildman–Crippen LogP) is -4.49. The molecule has 0 bridgehead atoms. The lowest BCUT2D eigenvalue weighted by atomic mass is 9.95. The predicted molar refractivity (Wildman–Crippen MR) is 103 cm³/mol. The van der Waals surface area contributed by atoms with Crippen LogP contribution in [0.5, 0.6) is 0 Å². The van der Waals surface area contributed by atoms with Crippen molar-refractivity contribution < 1.29 is 49.6 Å². The number of aliphatic hydroxyl groups is 6. The van der Waals surface area contributed by atoms with Gasteiger partial charge in [0.1, 0.15) is 48.8 Å². The molecule has 178 valence electrons. The molecule has 2 saturated heterocycles. The molecule has 2 aliphatic heterocycles. The van der Waals surface area contributed by atoms with Crippen LogP contribution in [-0.2, 0) is 18.9 Å². The van der Waals surface area contributed by atoms with Crippen molar-refractivity contribution in [2.45, 2.75) is 68.1 Å². The Labute approximate surface area is 175 Å². The van der Waals surface area contributed by atoms with Crippen molar-refractivity contribution >= 4 is 0 Å². The van der Waals surface area contributed by atoms with Crippen LogP contribution in [0.1, 0.15) is 6.92 Å². The molecule has 0 aliphatic carbocycles. The van der Waals surface area contributed by atoms with Crippen molar-refractivity contribution in [1.29, 1.82) is 0 Å². The summed E-state index contributed by atoms with van der Waals surface area (Å²) in [7, 11) is 1.39. The zero-order chi connectivity index (χ0) is 22.3. The lowest BCUT2D eigenvalue weighted by Crippen LogP contribution is -2.65. The highest BCUT2D eigenvalue weighted by Crippen LogP contribution is 2.29. The summed E-state index contributed by atoms with van der Waals surface area (Å²) in [6.45, 7) is 3.04. The van der Waals surface area contributed by atoms with E-state index in [1.165, 1.54) is 7.11 Å². The molecular formula is C18H36N2O10. The van der Waals surface area contributed by atoms with Gasteiger partial charge in [0.2, 0.25) is 0 Å². The average molecular weight is 440 g/mol. The molecule has 0 saturated carbocycles. The normalized spacial score (nSPS) is 42.4. The molecule has 8 N–H and O–H groups in total. The molecule has 10 atom stereocenters. The van der Waals surface area contributed by atoms with E-state index < -0.39 is 67.8 Å². The van der Waals surface area contributed by atoms with Gasteiger partial charge in [0.05, 0.1) is 19.3 Å². The largest absolute Gasteiger partial charge is 0.395 e. The second-order valence-corrected chi connectivity index (χ2v) is 7.55. The Balaban J connectivity index is 2.00. The Kier molecular flexibility index (Phi) is 10.8. The van der Waals surface area contributed by atoms with Crippen LogP contribution in [0.2, 0.25) is 0 Å². The van der Waals surface area contributed by atoms with E-state index in [1.807, 2.05) is 0 Å². The Morgan fingerprint density at radius 2 is 1.47 bits per heavy atom. The highest BCUT2D eigenvalue weighted by atomic mass is 16.7. The van der Waals surface area contributed by atoms with Gasteiger partial charge in [-0.05, 0) is 6.92 Å². The maximum atomic E-state index is 10.5. The summed E-state index contributed by atoms with van der Waals surface area (Å²) < 4.78 is 22.2. The van der Waals surface area contributed by atoms with Gasteiger partial charge in [-0.25, -0.2) is 0 Å². The molecule has 30 heavy (non-hydrogen) atoms. The maximum Gasteiger partial charge on any atom is 0.187 e. The third kappa shape index (κ3) is 6.28. The van der Waals surface area contributed by atoms with Crippen LogP contribution in [0.25, 0.3) is 0 Å². The van der Waals surface area contributed by atoms with Crippen molar-refractivity contribution in [3.8, 4) is 0 Å².